The highest BCUT2D eigenvalue weighted by Crippen LogP contribution is 2.30. The van der Waals surface area contributed by atoms with E-state index < -0.39 is 5.41 Å². The number of aryl methyl sites for hydroxylation is 2. The van der Waals surface area contributed by atoms with Gasteiger partial charge in [0.05, 0.1) is 11.8 Å². The molecule has 1 heterocycles. The molecular weight excluding hydrogens is 284 g/mol. The van der Waals surface area contributed by atoms with Gasteiger partial charge in [0, 0.05) is 12.0 Å². The molecule has 4 nitrogen and oxygen atoms in total. The monoisotopic (exact) mass is 306 g/mol. The largest absolute Gasteiger partial charge is 0.495 e. The number of fused-ring (bicyclic) bond motifs is 1. The smallest absolute Gasteiger partial charge is 0.253 e. The molecule has 0 bridgehead atoms. The van der Waals surface area contributed by atoms with Crippen molar-refractivity contribution in [2.75, 3.05) is 7.11 Å². The van der Waals surface area contributed by atoms with E-state index in [2.05, 4.69) is 23.4 Å². The maximum Gasteiger partial charge on any atom is 0.253 e. The first-order valence-electron chi connectivity index (χ1n) is 7.05. The van der Waals surface area contributed by atoms with Crippen LogP contribution < -0.4 is 9.54 Å². The maximum absolute atomic E-state index is 12.2. The van der Waals surface area contributed by atoms with E-state index in [1.165, 1.54) is 5.56 Å². The van der Waals surface area contributed by atoms with E-state index >= 15 is 0 Å². The molecule has 1 aromatic carbocycles. The lowest BCUT2D eigenvalue weighted by Gasteiger charge is -2.12. The number of amides is 1. The molecule has 0 spiro atoms. The quantitative estimate of drug-likeness (QED) is 0.852. The van der Waals surface area contributed by atoms with Crippen molar-refractivity contribution in [2.45, 2.75) is 41.2 Å². The van der Waals surface area contributed by atoms with Crippen LogP contribution in [0.4, 0.5) is 0 Å². The molecule has 2 aromatic rings. The number of thiazole rings is 1. The number of nitrogens with zero attached hydrogens (tertiary/aromatic N) is 2. The molecule has 1 amide bonds. The van der Waals surface area contributed by atoms with Crippen molar-refractivity contribution in [3.63, 3.8) is 0 Å². The van der Waals surface area contributed by atoms with Crippen LogP contribution in [-0.4, -0.2) is 17.6 Å². The Labute approximate surface area is 129 Å². The third kappa shape index (κ3) is 2.88. The van der Waals surface area contributed by atoms with Crippen molar-refractivity contribution in [1.29, 1.82) is 0 Å². The van der Waals surface area contributed by atoms with Crippen LogP contribution >= 0.6 is 11.3 Å². The topological polar surface area (TPSA) is 43.6 Å². The summed E-state index contributed by atoms with van der Waals surface area (Å²) >= 11 is 1.54. The lowest BCUT2D eigenvalue weighted by atomic mass is 9.96. The second-order valence-electron chi connectivity index (χ2n) is 6.06. The number of carbonyl (C=O) groups excluding carboxylic acids is 1. The van der Waals surface area contributed by atoms with Gasteiger partial charge in [-0.1, -0.05) is 38.2 Å². The Morgan fingerprint density at radius 2 is 2.05 bits per heavy atom. The Balaban J connectivity index is 2.80. The fourth-order valence-corrected chi connectivity index (χ4v) is 3.25. The zero-order chi connectivity index (χ0) is 15.8. The highest BCUT2D eigenvalue weighted by atomic mass is 32.1. The second-order valence-corrected chi connectivity index (χ2v) is 7.04. The lowest BCUT2D eigenvalue weighted by Crippen LogP contribution is -2.23. The van der Waals surface area contributed by atoms with E-state index in [4.69, 9.17) is 4.74 Å². The summed E-state index contributed by atoms with van der Waals surface area (Å²) in [5.41, 5.74) is 1.72. The first-order chi connectivity index (χ1) is 9.79. The van der Waals surface area contributed by atoms with Gasteiger partial charge in [-0.05, 0) is 25.5 Å². The van der Waals surface area contributed by atoms with Crippen LogP contribution in [0.15, 0.2) is 17.1 Å². The van der Waals surface area contributed by atoms with Gasteiger partial charge in [0.1, 0.15) is 11.3 Å². The summed E-state index contributed by atoms with van der Waals surface area (Å²) in [5, 5.41) is 0. The van der Waals surface area contributed by atoms with Crippen LogP contribution in [0.3, 0.4) is 0 Å². The third-order valence-corrected chi connectivity index (χ3v) is 4.57. The Morgan fingerprint density at radius 3 is 2.57 bits per heavy atom. The molecule has 0 radical (unpaired) electrons. The van der Waals surface area contributed by atoms with E-state index in [0.29, 0.717) is 0 Å². The fourth-order valence-electron chi connectivity index (χ4n) is 2.08. The van der Waals surface area contributed by atoms with E-state index in [0.717, 1.165) is 27.3 Å². The minimum Gasteiger partial charge on any atom is -0.495 e. The summed E-state index contributed by atoms with van der Waals surface area (Å²) in [5.74, 6) is 0.714. The number of benzene rings is 1. The maximum atomic E-state index is 12.2. The molecule has 0 atom stereocenters. The highest BCUT2D eigenvalue weighted by molar-refractivity contribution is 7.16. The van der Waals surface area contributed by atoms with Crippen molar-refractivity contribution in [3.8, 4) is 5.75 Å². The number of rotatable bonds is 2. The van der Waals surface area contributed by atoms with Gasteiger partial charge in [0.15, 0.2) is 4.80 Å². The number of hydrogen-bond acceptors (Lipinski definition) is 3. The van der Waals surface area contributed by atoms with E-state index in [9.17, 15) is 4.79 Å². The first-order valence-corrected chi connectivity index (χ1v) is 7.87. The predicted octanol–water partition coefficient (Wildman–Crippen LogP) is 3.51. The summed E-state index contributed by atoms with van der Waals surface area (Å²) in [6.45, 7) is 10.5. The molecule has 0 saturated heterocycles. The average Bonchev–Trinajstić information content (AvgIpc) is 2.77. The summed E-state index contributed by atoms with van der Waals surface area (Å²) in [6.07, 6.45) is 0. The van der Waals surface area contributed by atoms with Gasteiger partial charge < -0.3 is 9.30 Å². The average molecular weight is 306 g/mol. The molecule has 0 N–H and O–H groups in total. The molecule has 0 saturated carbocycles. The van der Waals surface area contributed by atoms with Crippen LogP contribution in [0.5, 0.6) is 5.75 Å². The van der Waals surface area contributed by atoms with Crippen molar-refractivity contribution < 1.29 is 9.53 Å². The van der Waals surface area contributed by atoms with Crippen LogP contribution in [0.2, 0.25) is 0 Å². The summed E-state index contributed by atoms with van der Waals surface area (Å²) in [6, 6.07) is 4.00. The Bertz CT molecular complexity index is 748. The van der Waals surface area contributed by atoms with Gasteiger partial charge in [-0.15, -0.1) is 0 Å². The van der Waals surface area contributed by atoms with Gasteiger partial charge in [0.25, 0.3) is 5.91 Å². The van der Waals surface area contributed by atoms with E-state index in [1.807, 2.05) is 32.9 Å². The Kier molecular flexibility index (Phi) is 4.23. The van der Waals surface area contributed by atoms with E-state index in [1.54, 1.807) is 18.4 Å². The lowest BCUT2D eigenvalue weighted by molar-refractivity contribution is -0.125. The summed E-state index contributed by atoms with van der Waals surface area (Å²) in [4.78, 5) is 17.3. The van der Waals surface area contributed by atoms with Gasteiger partial charge in [-0.3, -0.25) is 4.79 Å². The SMILES string of the molecule is CCn1c(=NC(=O)C(C)(C)C)sc2c(C)ccc(OC)c21. The number of methoxy groups -OCH3 is 1. The van der Waals surface area contributed by atoms with Crippen molar-refractivity contribution in [3.05, 3.63) is 22.5 Å². The minimum atomic E-state index is -0.471. The molecule has 0 aliphatic carbocycles. The fraction of sp³-hybridized carbons (Fsp3) is 0.500. The number of hydrogen-bond donors (Lipinski definition) is 0. The molecule has 0 aliphatic rings. The molecule has 0 unspecified atom stereocenters. The molecule has 1 aromatic heterocycles. The van der Waals surface area contributed by atoms with Crippen molar-refractivity contribution in [2.24, 2.45) is 10.4 Å². The molecule has 0 aliphatic heterocycles. The van der Waals surface area contributed by atoms with Gasteiger partial charge in [0.2, 0.25) is 0 Å². The minimum absolute atomic E-state index is 0.104. The molecule has 114 valence electrons. The predicted molar refractivity (Wildman–Crippen MR) is 86.8 cm³/mol. The zero-order valence-electron chi connectivity index (χ0n) is 13.5. The number of aromatic nitrogens is 1. The van der Waals surface area contributed by atoms with Crippen LogP contribution in [0, 0.1) is 12.3 Å². The molecule has 5 heteroatoms. The third-order valence-electron chi connectivity index (χ3n) is 3.36. The van der Waals surface area contributed by atoms with Crippen LogP contribution in [0.25, 0.3) is 10.2 Å². The van der Waals surface area contributed by atoms with Crippen LogP contribution in [0.1, 0.15) is 33.3 Å². The molecule has 2 rings (SSSR count). The number of ether oxygens (including phenoxy) is 1. The van der Waals surface area contributed by atoms with Crippen molar-refractivity contribution in [1.82, 2.24) is 4.57 Å². The normalized spacial score (nSPS) is 13.0. The van der Waals surface area contributed by atoms with Crippen molar-refractivity contribution >= 4 is 27.5 Å². The van der Waals surface area contributed by atoms with Gasteiger partial charge in [-0.2, -0.15) is 4.99 Å². The van der Waals surface area contributed by atoms with Gasteiger partial charge >= 0.3 is 0 Å². The standard InChI is InChI=1S/C16H22N2O2S/c1-7-18-12-11(20-6)9-8-10(2)13(12)21-15(18)17-14(19)16(3,4)5/h8-9H,7H2,1-6H3. The molecule has 21 heavy (non-hydrogen) atoms. The summed E-state index contributed by atoms with van der Waals surface area (Å²) in [7, 11) is 1.67. The highest BCUT2D eigenvalue weighted by Gasteiger charge is 2.21. The second kappa shape index (κ2) is 5.64. The Hall–Kier alpha value is -1.62. The van der Waals surface area contributed by atoms with Crippen LogP contribution in [-0.2, 0) is 11.3 Å². The van der Waals surface area contributed by atoms with Gasteiger partial charge in [-0.25, -0.2) is 0 Å². The Morgan fingerprint density at radius 1 is 1.38 bits per heavy atom. The molecule has 0 fully saturated rings. The van der Waals surface area contributed by atoms with E-state index in [-0.39, 0.29) is 5.91 Å². The number of carbonyl (C=O) groups is 1. The summed E-state index contributed by atoms with van der Waals surface area (Å²) < 4.78 is 8.64. The first kappa shape index (κ1) is 15.8. The zero-order valence-corrected chi connectivity index (χ0v) is 14.3. The molecular formula is C16H22N2O2S.